The number of anilines is 1. The van der Waals surface area contributed by atoms with E-state index in [9.17, 15) is 9.90 Å². The van der Waals surface area contributed by atoms with Gasteiger partial charge in [-0.25, -0.2) is 14.8 Å². The molecule has 1 aromatic rings. The molecule has 0 saturated carbocycles. The Morgan fingerprint density at radius 3 is 2.77 bits per heavy atom. The second-order valence-electron chi connectivity index (χ2n) is 6.16. The molecule has 1 amide bonds. The van der Waals surface area contributed by atoms with Crippen LogP contribution in [0.15, 0.2) is 12.4 Å². The van der Waals surface area contributed by atoms with E-state index >= 15 is 0 Å². The number of amides is 1. The third-order valence-corrected chi connectivity index (χ3v) is 3.47. The zero-order chi connectivity index (χ0) is 16.3. The molecule has 0 aliphatic carbocycles. The summed E-state index contributed by atoms with van der Waals surface area (Å²) in [5.74, 6) is 0.642. The van der Waals surface area contributed by atoms with E-state index < -0.39 is 5.60 Å². The number of carbonyl (C=O) groups is 1. The van der Waals surface area contributed by atoms with Crippen LogP contribution in [0.3, 0.4) is 0 Å². The number of carbonyl (C=O) groups excluding carboxylic acids is 1. The Labute approximate surface area is 134 Å². The van der Waals surface area contributed by atoms with Crippen molar-refractivity contribution in [3.05, 3.63) is 17.5 Å². The number of aromatic nitrogens is 2. The lowest BCUT2D eigenvalue weighted by atomic mass is 10.1. The highest BCUT2D eigenvalue weighted by Gasteiger charge is 2.32. The number of halogens is 1. The second-order valence-corrected chi connectivity index (χ2v) is 6.54. The molecule has 1 N–H and O–H groups in total. The van der Waals surface area contributed by atoms with Crippen LogP contribution in [0.25, 0.3) is 0 Å². The van der Waals surface area contributed by atoms with Gasteiger partial charge in [0.05, 0.1) is 12.6 Å². The molecule has 0 unspecified atom stereocenters. The fourth-order valence-electron chi connectivity index (χ4n) is 2.29. The monoisotopic (exact) mass is 328 g/mol. The van der Waals surface area contributed by atoms with Gasteiger partial charge in [-0.15, -0.1) is 0 Å². The molecule has 0 aromatic carbocycles. The fraction of sp³-hybridized carbons (Fsp3) is 0.643. The number of rotatable bonds is 2. The van der Waals surface area contributed by atoms with Crippen LogP contribution >= 0.6 is 11.6 Å². The van der Waals surface area contributed by atoms with Gasteiger partial charge in [0.25, 0.3) is 0 Å². The minimum absolute atomic E-state index is 0.0963. The van der Waals surface area contributed by atoms with Crippen molar-refractivity contribution in [3.8, 4) is 0 Å². The first-order valence-corrected chi connectivity index (χ1v) is 7.51. The normalized spacial score (nSPS) is 19.2. The summed E-state index contributed by atoms with van der Waals surface area (Å²) in [7, 11) is 0. The van der Waals surface area contributed by atoms with Crippen LogP contribution in [0, 0.1) is 0 Å². The molecule has 1 aliphatic heterocycles. The summed E-state index contributed by atoms with van der Waals surface area (Å²) in [6.07, 6.45) is 1.01. The molecular formula is C14H21ClN4O3. The third kappa shape index (κ3) is 4.20. The lowest BCUT2D eigenvalue weighted by Gasteiger charge is -2.41. The molecule has 1 atom stereocenters. The van der Waals surface area contributed by atoms with Crippen LogP contribution in [-0.2, 0) is 4.74 Å². The highest BCUT2D eigenvalue weighted by Crippen LogP contribution is 2.21. The Bertz CT molecular complexity index is 535. The van der Waals surface area contributed by atoms with Crippen molar-refractivity contribution in [2.45, 2.75) is 32.4 Å². The minimum Gasteiger partial charge on any atom is -0.444 e. The summed E-state index contributed by atoms with van der Waals surface area (Å²) >= 11 is 5.88. The van der Waals surface area contributed by atoms with Gasteiger partial charge in [-0.1, -0.05) is 11.6 Å². The number of ether oxygens (including phenoxy) is 1. The Morgan fingerprint density at radius 2 is 2.18 bits per heavy atom. The van der Waals surface area contributed by atoms with Crippen LogP contribution in [0.4, 0.5) is 10.6 Å². The summed E-state index contributed by atoms with van der Waals surface area (Å²) in [6.45, 7) is 6.79. The average Bonchev–Trinajstić information content (AvgIpc) is 2.44. The van der Waals surface area contributed by atoms with Crippen molar-refractivity contribution >= 4 is 23.5 Å². The van der Waals surface area contributed by atoms with Gasteiger partial charge in [0.1, 0.15) is 22.9 Å². The van der Waals surface area contributed by atoms with Crippen molar-refractivity contribution in [3.63, 3.8) is 0 Å². The molecule has 1 aliphatic rings. The number of hydrogen-bond acceptors (Lipinski definition) is 6. The Kier molecular flexibility index (Phi) is 5.08. The molecule has 2 heterocycles. The summed E-state index contributed by atoms with van der Waals surface area (Å²) < 4.78 is 5.37. The molecule has 1 aromatic heterocycles. The quantitative estimate of drug-likeness (QED) is 0.830. The predicted octanol–water partition coefficient (Wildman–Crippen LogP) is 1.55. The molecule has 122 valence electrons. The SMILES string of the molecule is CC(C)(C)OC(=O)N1CCN(c2cc(Cl)ncn2)[C@@H](CO)C1. The number of nitrogens with zero attached hydrogens (tertiary/aromatic N) is 4. The summed E-state index contributed by atoms with van der Waals surface area (Å²) in [5, 5.41) is 9.97. The Balaban J connectivity index is 2.07. The molecule has 22 heavy (non-hydrogen) atoms. The van der Waals surface area contributed by atoms with E-state index in [1.54, 1.807) is 11.0 Å². The van der Waals surface area contributed by atoms with Crippen LogP contribution < -0.4 is 4.90 Å². The van der Waals surface area contributed by atoms with Gasteiger partial charge in [-0.2, -0.15) is 0 Å². The van der Waals surface area contributed by atoms with E-state index in [0.29, 0.717) is 30.6 Å². The topological polar surface area (TPSA) is 78.8 Å². The predicted molar refractivity (Wildman–Crippen MR) is 83.1 cm³/mol. The van der Waals surface area contributed by atoms with Gasteiger partial charge < -0.3 is 19.6 Å². The first-order chi connectivity index (χ1) is 10.3. The lowest BCUT2D eigenvalue weighted by Crippen LogP contribution is -2.57. The van der Waals surface area contributed by atoms with E-state index in [2.05, 4.69) is 9.97 Å². The number of aliphatic hydroxyl groups excluding tert-OH is 1. The van der Waals surface area contributed by atoms with Gasteiger partial charge in [0.15, 0.2) is 0 Å². The first-order valence-electron chi connectivity index (χ1n) is 7.13. The number of hydrogen-bond donors (Lipinski definition) is 1. The van der Waals surface area contributed by atoms with Crippen LogP contribution in [0.1, 0.15) is 20.8 Å². The van der Waals surface area contributed by atoms with Gasteiger partial charge in [-0.3, -0.25) is 0 Å². The lowest BCUT2D eigenvalue weighted by molar-refractivity contribution is 0.0197. The van der Waals surface area contributed by atoms with Gasteiger partial charge in [0, 0.05) is 25.7 Å². The van der Waals surface area contributed by atoms with Crippen molar-refractivity contribution in [1.82, 2.24) is 14.9 Å². The number of piperazine rings is 1. The summed E-state index contributed by atoms with van der Waals surface area (Å²) in [6, 6.07) is 1.39. The summed E-state index contributed by atoms with van der Waals surface area (Å²) in [5.41, 5.74) is -0.539. The van der Waals surface area contributed by atoms with E-state index in [0.717, 1.165) is 0 Å². The summed E-state index contributed by atoms with van der Waals surface area (Å²) in [4.78, 5) is 23.7. The molecule has 8 heteroatoms. The number of aliphatic hydroxyl groups is 1. The zero-order valence-electron chi connectivity index (χ0n) is 13.0. The van der Waals surface area contributed by atoms with E-state index in [1.165, 1.54) is 6.33 Å². The smallest absolute Gasteiger partial charge is 0.410 e. The van der Waals surface area contributed by atoms with Gasteiger partial charge >= 0.3 is 6.09 Å². The first kappa shape index (κ1) is 16.8. The van der Waals surface area contributed by atoms with E-state index in [1.807, 2.05) is 25.7 Å². The maximum absolute atomic E-state index is 12.1. The molecule has 0 radical (unpaired) electrons. The molecule has 0 spiro atoms. The largest absolute Gasteiger partial charge is 0.444 e. The van der Waals surface area contributed by atoms with Crippen molar-refractivity contribution in [2.75, 3.05) is 31.1 Å². The van der Waals surface area contributed by atoms with E-state index in [-0.39, 0.29) is 18.7 Å². The van der Waals surface area contributed by atoms with Crippen molar-refractivity contribution < 1.29 is 14.6 Å². The van der Waals surface area contributed by atoms with Crippen LogP contribution in [0.5, 0.6) is 0 Å². The van der Waals surface area contributed by atoms with Crippen molar-refractivity contribution in [1.29, 1.82) is 0 Å². The fourth-order valence-corrected chi connectivity index (χ4v) is 2.43. The Hall–Kier alpha value is -1.60. The average molecular weight is 329 g/mol. The standard InChI is InChI=1S/C14H21ClN4O3/c1-14(2,3)22-13(21)18-4-5-19(10(7-18)8-20)12-6-11(15)16-9-17-12/h6,9-10,20H,4-5,7-8H2,1-3H3/t10-/m1/s1. The van der Waals surface area contributed by atoms with Gasteiger partial charge in [0.2, 0.25) is 0 Å². The van der Waals surface area contributed by atoms with Crippen LogP contribution in [0.2, 0.25) is 5.15 Å². The van der Waals surface area contributed by atoms with Gasteiger partial charge in [-0.05, 0) is 20.8 Å². The molecule has 1 saturated heterocycles. The van der Waals surface area contributed by atoms with Crippen LogP contribution in [-0.4, -0.2) is 64.0 Å². The maximum Gasteiger partial charge on any atom is 0.410 e. The molecule has 2 rings (SSSR count). The Morgan fingerprint density at radius 1 is 1.45 bits per heavy atom. The molecular weight excluding hydrogens is 308 g/mol. The molecule has 1 fully saturated rings. The maximum atomic E-state index is 12.1. The zero-order valence-corrected chi connectivity index (χ0v) is 13.7. The highest BCUT2D eigenvalue weighted by atomic mass is 35.5. The molecule has 0 bridgehead atoms. The molecule has 7 nitrogen and oxygen atoms in total. The minimum atomic E-state index is -0.539. The third-order valence-electron chi connectivity index (χ3n) is 3.26. The van der Waals surface area contributed by atoms with E-state index in [4.69, 9.17) is 16.3 Å². The second kappa shape index (κ2) is 6.66. The highest BCUT2D eigenvalue weighted by molar-refractivity contribution is 6.29. The van der Waals surface area contributed by atoms with Crippen molar-refractivity contribution in [2.24, 2.45) is 0 Å².